The Balaban J connectivity index is 1.83. The molecule has 1 aliphatic rings. The second-order valence-electron chi connectivity index (χ2n) is 5.80. The first kappa shape index (κ1) is 17.4. The van der Waals surface area contributed by atoms with Crippen LogP contribution in [0.2, 0.25) is 0 Å². The lowest BCUT2D eigenvalue weighted by atomic mass is 10.2. The largest absolute Gasteiger partial charge is 0.490 e. The van der Waals surface area contributed by atoms with E-state index in [0.29, 0.717) is 38.2 Å². The fourth-order valence-corrected chi connectivity index (χ4v) is 2.12. The van der Waals surface area contributed by atoms with Gasteiger partial charge in [-0.05, 0) is 18.1 Å². The number of benzene rings is 1. The van der Waals surface area contributed by atoms with Gasteiger partial charge >= 0.3 is 0 Å². The number of rotatable bonds is 6. The topological polar surface area (TPSA) is 64.1 Å². The van der Waals surface area contributed by atoms with Crippen LogP contribution in [0.25, 0.3) is 0 Å². The molecule has 0 fully saturated rings. The second kappa shape index (κ2) is 9.25. The highest BCUT2D eigenvalue weighted by atomic mass is 16.5. The molecule has 1 heterocycles. The maximum absolute atomic E-state index is 5.69. The van der Waals surface area contributed by atoms with E-state index in [0.717, 1.165) is 30.2 Å². The molecule has 1 aliphatic heterocycles. The number of fused-ring (bicyclic) bond motifs is 1. The quantitative estimate of drug-likeness (QED) is 0.479. The third-order valence-corrected chi connectivity index (χ3v) is 3.22. The fraction of sp³-hybridized carbons (Fsp3) is 0.588. The summed E-state index contributed by atoms with van der Waals surface area (Å²) < 4.78 is 16.9. The van der Waals surface area contributed by atoms with Crippen molar-refractivity contribution >= 4 is 11.6 Å². The van der Waals surface area contributed by atoms with Gasteiger partial charge in [0.25, 0.3) is 0 Å². The van der Waals surface area contributed by atoms with Crippen molar-refractivity contribution in [1.82, 2.24) is 5.32 Å². The molecule has 0 aliphatic carbocycles. The minimum absolute atomic E-state index is 0.550. The van der Waals surface area contributed by atoms with Gasteiger partial charge in [0, 0.05) is 38.4 Å². The Hall–Kier alpha value is -1.95. The number of nitrogens with one attached hydrogen (secondary N) is 2. The molecule has 0 radical (unpaired) electrons. The van der Waals surface area contributed by atoms with Crippen LogP contribution in [0, 0.1) is 5.92 Å². The molecule has 0 amide bonds. The van der Waals surface area contributed by atoms with Crippen molar-refractivity contribution in [3.63, 3.8) is 0 Å². The Morgan fingerprint density at radius 1 is 1.26 bits per heavy atom. The van der Waals surface area contributed by atoms with Crippen LogP contribution in [-0.4, -0.2) is 46.0 Å². The monoisotopic (exact) mass is 321 g/mol. The number of aliphatic imine (C=N–C) groups is 1. The van der Waals surface area contributed by atoms with Crippen LogP contribution in [0.4, 0.5) is 5.69 Å². The van der Waals surface area contributed by atoms with Crippen molar-refractivity contribution in [1.29, 1.82) is 0 Å². The van der Waals surface area contributed by atoms with Gasteiger partial charge in [-0.1, -0.05) is 13.8 Å². The molecule has 6 heteroatoms. The third kappa shape index (κ3) is 5.98. The lowest BCUT2D eigenvalue weighted by Gasteiger charge is -2.14. The minimum atomic E-state index is 0.550. The molecular formula is C17H27N3O3. The molecule has 0 spiro atoms. The normalized spacial score (nSPS) is 14.5. The van der Waals surface area contributed by atoms with Gasteiger partial charge in [0.15, 0.2) is 17.5 Å². The summed E-state index contributed by atoms with van der Waals surface area (Å²) in [4.78, 5) is 4.21. The molecule has 0 unspecified atom stereocenters. The molecule has 1 aromatic rings. The number of anilines is 1. The Morgan fingerprint density at radius 2 is 2.04 bits per heavy atom. The van der Waals surface area contributed by atoms with E-state index in [1.165, 1.54) is 0 Å². The van der Waals surface area contributed by atoms with Crippen LogP contribution >= 0.6 is 0 Å². The van der Waals surface area contributed by atoms with E-state index >= 15 is 0 Å². The zero-order valence-electron chi connectivity index (χ0n) is 14.2. The van der Waals surface area contributed by atoms with Crippen molar-refractivity contribution in [3.05, 3.63) is 18.2 Å². The highest BCUT2D eigenvalue weighted by Gasteiger charge is 2.11. The van der Waals surface area contributed by atoms with Crippen LogP contribution in [0.5, 0.6) is 11.5 Å². The van der Waals surface area contributed by atoms with E-state index in [4.69, 9.17) is 14.2 Å². The summed E-state index contributed by atoms with van der Waals surface area (Å²) in [6, 6.07) is 5.81. The number of nitrogens with zero attached hydrogens (tertiary/aromatic N) is 1. The minimum Gasteiger partial charge on any atom is -0.490 e. The molecule has 128 valence electrons. The van der Waals surface area contributed by atoms with Crippen LogP contribution in [0.15, 0.2) is 23.2 Å². The SMILES string of the molecule is CN=C(NCCOCC(C)C)Nc1ccc2c(c1)OCCCO2. The van der Waals surface area contributed by atoms with Gasteiger partial charge in [-0.2, -0.15) is 0 Å². The Bertz CT molecular complexity index is 518. The third-order valence-electron chi connectivity index (χ3n) is 3.22. The molecule has 0 atom stereocenters. The van der Waals surface area contributed by atoms with E-state index < -0.39 is 0 Å². The molecule has 0 saturated heterocycles. The van der Waals surface area contributed by atoms with E-state index in [9.17, 15) is 0 Å². The van der Waals surface area contributed by atoms with Crippen LogP contribution in [0.1, 0.15) is 20.3 Å². The predicted molar refractivity (Wildman–Crippen MR) is 92.7 cm³/mol. The van der Waals surface area contributed by atoms with Crippen LogP contribution < -0.4 is 20.1 Å². The maximum atomic E-state index is 5.69. The number of hydrogen-bond donors (Lipinski definition) is 2. The van der Waals surface area contributed by atoms with E-state index in [2.05, 4.69) is 29.5 Å². The van der Waals surface area contributed by atoms with Gasteiger partial charge in [0.1, 0.15) is 0 Å². The first-order chi connectivity index (χ1) is 11.2. The molecule has 6 nitrogen and oxygen atoms in total. The van der Waals surface area contributed by atoms with Crippen molar-refractivity contribution in [2.24, 2.45) is 10.9 Å². The summed E-state index contributed by atoms with van der Waals surface area (Å²) in [5, 5.41) is 6.47. The number of hydrogen-bond acceptors (Lipinski definition) is 4. The average Bonchev–Trinajstić information content (AvgIpc) is 2.78. The molecule has 1 aromatic carbocycles. The van der Waals surface area contributed by atoms with Gasteiger partial charge in [0.2, 0.25) is 0 Å². The first-order valence-corrected chi connectivity index (χ1v) is 8.14. The Morgan fingerprint density at radius 3 is 2.78 bits per heavy atom. The van der Waals surface area contributed by atoms with Crippen molar-refractivity contribution in [2.45, 2.75) is 20.3 Å². The van der Waals surface area contributed by atoms with E-state index in [-0.39, 0.29) is 0 Å². The standard InChI is InChI=1S/C17H27N3O3/c1-13(2)12-21-10-7-19-17(18-3)20-14-5-6-15-16(11-14)23-9-4-8-22-15/h5-6,11,13H,4,7-10,12H2,1-3H3,(H2,18,19,20). The van der Waals surface area contributed by atoms with Crippen molar-refractivity contribution in [3.8, 4) is 11.5 Å². The summed E-state index contributed by atoms with van der Waals surface area (Å²) >= 11 is 0. The lowest BCUT2D eigenvalue weighted by molar-refractivity contribution is 0.114. The summed E-state index contributed by atoms with van der Waals surface area (Å²) in [7, 11) is 1.74. The van der Waals surface area contributed by atoms with Gasteiger partial charge in [-0.25, -0.2) is 0 Å². The molecule has 2 N–H and O–H groups in total. The van der Waals surface area contributed by atoms with Crippen molar-refractivity contribution < 1.29 is 14.2 Å². The average molecular weight is 321 g/mol. The predicted octanol–water partition coefficient (Wildman–Crippen LogP) is 2.51. The van der Waals surface area contributed by atoms with E-state index in [1.807, 2.05) is 18.2 Å². The molecule has 0 aromatic heterocycles. The number of guanidine groups is 1. The highest BCUT2D eigenvalue weighted by Crippen LogP contribution is 2.32. The summed E-state index contributed by atoms with van der Waals surface area (Å²) in [6.07, 6.45) is 0.900. The second-order valence-corrected chi connectivity index (χ2v) is 5.80. The van der Waals surface area contributed by atoms with Gasteiger partial charge in [0.05, 0.1) is 19.8 Å². The van der Waals surface area contributed by atoms with Crippen LogP contribution in [-0.2, 0) is 4.74 Å². The molecule has 23 heavy (non-hydrogen) atoms. The lowest BCUT2D eigenvalue weighted by Crippen LogP contribution is -2.33. The summed E-state index contributed by atoms with van der Waals surface area (Å²) in [6.45, 7) is 7.78. The smallest absolute Gasteiger partial charge is 0.195 e. The summed E-state index contributed by atoms with van der Waals surface area (Å²) in [5.74, 6) is 2.81. The van der Waals surface area contributed by atoms with Gasteiger partial charge in [-0.15, -0.1) is 0 Å². The Labute approximate surface area is 138 Å². The van der Waals surface area contributed by atoms with Gasteiger partial charge in [-0.3, -0.25) is 4.99 Å². The van der Waals surface area contributed by atoms with E-state index in [1.54, 1.807) is 7.05 Å². The Kier molecular flexibility index (Phi) is 7.00. The molecular weight excluding hydrogens is 294 g/mol. The van der Waals surface area contributed by atoms with Crippen LogP contribution in [0.3, 0.4) is 0 Å². The maximum Gasteiger partial charge on any atom is 0.195 e. The zero-order valence-corrected chi connectivity index (χ0v) is 14.2. The molecule has 0 bridgehead atoms. The van der Waals surface area contributed by atoms with Gasteiger partial charge < -0.3 is 24.8 Å². The van der Waals surface area contributed by atoms with Crippen molar-refractivity contribution in [2.75, 3.05) is 45.3 Å². The summed E-state index contributed by atoms with van der Waals surface area (Å²) in [5.41, 5.74) is 0.908. The molecule has 2 rings (SSSR count). The fourth-order valence-electron chi connectivity index (χ4n) is 2.12. The molecule has 0 saturated carbocycles. The first-order valence-electron chi connectivity index (χ1n) is 8.14. The zero-order chi connectivity index (χ0) is 16.5. The highest BCUT2D eigenvalue weighted by molar-refractivity contribution is 5.93. The number of ether oxygens (including phenoxy) is 3.